The normalized spacial score (nSPS) is 26.0. The van der Waals surface area contributed by atoms with Gasteiger partial charge >= 0.3 is 0 Å². The van der Waals surface area contributed by atoms with Crippen LogP contribution in [0.3, 0.4) is 0 Å². The summed E-state index contributed by atoms with van der Waals surface area (Å²) in [4.78, 5) is 25.2. The molecule has 3 aromatic heterocycles. The van der Waals surface area contributed by atoms with Crippen molar-refractivity contribution in [3.63, 3.8) is 0 Å². The van der Waals surface area contributed by atoms with Crippen molar-refractivity contribution in [2.24, 2.45) is 0 Å². The number of Topliss-reactive ketones (excluding diaryl/α,β-unsaturated/α-hetero) is 1. The number of ketones is 1. The van der Waals surface area contributed by atoms with Crippen LogP contribution in [0.15, 0.2) is 36.8 Å². The highest BCUT2D eigenvalue weighted by atomic mass is 19.3. The quantitative estimate of drug-likeness (QED) is 0.632. The van der Waals surface area contributed by atoms with Crippen molar-refractivity contribution < 1.29 is 18.3 Å². The van der Waals surface area contributed by atoms with Crippen molar-refractivity contribution in [3.05, 3.63) is 59.6 Å². The van der Waals surface area contributed by atoms with Crippen LogP contribution in [0.25, 0.3) is 5.65 Å². The summed E-state index contributed by atoms with van der Waals surface area (Å²) in [5, 5.41) is 0. The van der Waals surface area contributed by atoms with Gasteiger partial charge in [-0.2, -0.15) is 0 Å². The molecule has 3 aromatic rings. The molecule has 3 aliphatic rings. The Morgan fingerprint density at radius 1 is 1.29 bits per heavy atom. The zero-order valence-corrected chi connectivity index (χ0v) is 15.2. The van der Waals surface area contributed by atoms with E-state index < -0.39 is 12.1 Å². The highest BCUT2D eigenvalue weighted by Crippen LogP contribution is 2.58. The van der Waals surface area contributed by atoms with Crippen LogP contribution in [-0.2, 0) is 16.6 Å². The van der Waals surface area contributed by atoms with E-state index in [1.807, 2.05) is 10.6 Å². The van der Waals surface area contributed by atoms with Crippen molar-refractivity contribution >= 4 is 11.4 Å². The molecule has 1 aliphatic carbocycles. The summed E-state index contributed by atoms with van der Waals surface area (Å²) in [6.45, 7) is 2.80. The predicted octanol–water partition coefficient (Wildman–Crippen LogP) is 3.31. The Morgan fingerprint density at radius 3 is 2.82 bits per heavy atom. The zero-order chi connectivity index (χ0) is 19.5. The van der Waals surface area contributed by atoms with E-state index in [1.165, 1.54) is 18.2 Å². The average molecular weight is 384 g/mol. The topological polar surface area (TPSA) is 69.4 Å². The van der Waals surface area contributed by atoms with Crippen LogP contribution >= 0.6 is 0 Å². The van der Waals surface area contributed by atoms with Gasteiger partial charge in [0.05, 0.1) is 36.2 Å². The number of alkyl halides is 2. The number of imidazole rings is 1. The molecule has 0 radical (unpaired) electrons. The van der Waals surface area contributed by atoms with E-state index in [-0.39, 0.29) is 28.9 Å². The molecule has 0 amide bonds. The molecule has 0 unspecified atom stereocenters. The van der Waals surface area contributed by atoms with Gasteiger partial charge in [0, 0.05) is 17.8 Å². The van der Waals surface area contributed by atoms with Gasteiger partial charge in [-0.3, -0.25) is 9.78 Å². The molecule has 5 heterocycles. The monoisotopic (exact) mass is 384 g/mol. The maximum atomic E-state index is 12.8. The number of carbonyl (C=O) groups is 1. The van der Waals surface area contributed by atoms with Gasteiger partial charge in [-0.15, -0.1) is 0 Å². The number of rotatable bonds is 5. The number of carbonyl (C=O) groups excluding carboxylic acids is 1. The maximum Gasteiger partial charge on any atom is 0.280 e. The highest BCUT2D eigenvalue weighted by Gasteiger charge is 2.61. The lowest BCUT2D eigenvalue weighted by atomic mass is 9.62. The van der Waals surface area contributed by atoms with E-state index >= 15 is 0 Å². The Morgan fingerprint density at radius 2 is 2.11 bits per heavy atom. The Bertz CT molecular complexity index is 1090. The van der Waals surface area contributed by atoms with Gasteiger partial charge in [0.1, 0.15) is 11.4 Å². The van der Waals surface area contributed by atoms with E-state index in [4.69, 9.17) is 4.74 Å². The zero-order valence-electron chi connectivity index (χ0n) is 15.2. The Hall–Kier alpha value is -2.74. The fourth-order valence-electron chi connectivity index (χ4n) is 4.42. The Labute approximate surface area is 159 Å². The van der Waals surface area contributed by atoms with Gasteiger partial charge < -0.3 is 9.14 Å². The van der Waals surface area contributed by atoms with E-state index in [9.17, 15) is 13.6 Å². The first-order valence-electron chi connectivity index (χ1n) is 9.12. The van der Waals surface area contributed by atoms with Crippen LogP contribution in [0.4, 0.5) is 8.78 Å². The van der Waals surface area contributed by atoms with Crippen LogP contribution in [0.1, 0.15) is 53.8 Å². The molecular formula is C20H18F2N4O2. The number of ether oxygens (including phenoxy) is 1. The fourth-order valence-corrected chi connectivity index (χ4v) is 4.42. The summed E-state index contributed by atoms with van der Waals surface area (Å²) in [7, 11) is 0. The molecule has 2 bridgehead atoms. The smallest absolute Gasteiger partial charge is 0.280 e. The predicted molar refractivity (Wildman–Crippen MR) is 95.5 cm³/mol. The number of halogens is 2. The molecular weight excluding hydrogens is 366 g/mol. The summed E-state index contributed by atoms with van der Waals surface area (Å²) in [6.07, 6.45) is 4.55. The van der Waals surface area contributed by atoms with Gasteiger partial charge in [0.15, 0.2) is 11.4 Å². The number of fused-ring (bicyclic) bond motifs is 2. The van der Waals surface area contributed by atoms with Gasteiger partial charge in [0.2, 0.25) is 0 Å². The summed E-state index contributed by atoms with van der Waals surface area (Å²) in [5.74, 6) is -0.354. The molecule has 28 heavy (non-hydrogen) atoms. The van der Waals surface area contributed by atoms with Gasteiger partial charge in [0.25, 0.3) is 6.43 Å². The van der Waals surface area contributed by atoms with Crippen molar-refractivity contribution in [3.8, 4) is 0 Å². The average Bonchev–Trinajstić information content (AvgIpc) is 3.32. The molecule has 3 fully saturated rings. The molecule has 0 N–H and O–H groups in total. The van der Waals surface area contributed by atoms with Crippen LogP contribution in [0, 0.1) is 0 Å². The van der Waals surface area contributed by atoms with Crippen molar-refractivity contribution in [2.45, 2.75) is 43.6 Å². The second kappa shape index (κ2) is 5.88. The molecule has 0 atom stereocenters. The largest absolute Gasteiger partial charge is 0.374 e. The minimum atomic E-state index is -2.71. The van der Waals surface area contributed by atoms with E-state index in [1.54, 1.807) is 12.4 Å². The molecule has 0 spiro atoms. The Balaban J connectivity index is 1.38. The molecule has 6 rings (SSSR count). The van der Waals surface area contributed by atoms with Crippen molar-refractivity contribution in [1.29, 1.82) is 0 Å². The minimum Gasteiger partial charge on any atom is -0.374 e. The molecule has 1 saturated carbocycles. The first kappa shape index (κ1) is 17.4. The molecule has 8 heteroatoms. The summed E-state index contributed by atoms with van der Waals surface area (Å²) in [6, 6.07) is 4.06. The standard InChI is InChI=1S/C20H18F2N4O2/c1-19-9-20(10-19,11-28-19)16-8-26-7-12(23-6-17(26)25-16)5-15(27)13-3-2-4-14(24-13)18(21)22/h2-4,6-8,18H,5,9-11H2,1H3. The first-order chi connectivity index (χ1) is 13.4. The van der Waals surface area contributed by atoms with Crippen LogP contribution < -0.4 is 0 Å². The third-order valence-electron chi connectivity index (χ3n) is 5.68. The van der Waals surface area contributed by atoms with Crippen LogP contribution in [0.5, 0.6) is 0 Å². The van der Waals surface area contributed by atoms with Gasteiger partial charge in [-0.05, 0) is 31.9 Å². The minimum absolute atomic E-state index is 0.0155. The van der Waals surface area contributed by atoms with E-state index in [2.05, 4.69) is 21.9 Å². The SMILES string of the molecule is CC12CC(c3cn4cc(CC(=O)c5cccc(C(F)F)n5)ncc4n3)(CO1)C2. The summed E-state index contributed by atoms with van der Waals surface area (Å²) in [5.41, 5.74) is 1.80. The second-order valence-electron chi connectivity index (χ2n) is 7.99. The Kier molecular flexibility index (Phi) is 3.64. The molecule has 6 nitrogen and oxygen atoms in total. The number of pyridine rings is 1. The third-order valence-corrected chi connectivity index (χ3v) is 5.68. The van der Waals surface area contributed by atoms with Crippen molar-refractivity contribution in [2.75, 3.05) is 6.61 Å². The van der Waals surface area contributed by atoms with Crippen LogP contribution in [-0.4, -0.2) is 37.3 Å². The second-order valence-corrected chi connectivity index (χ2v) is 7.99. The molecule has 144 valence electrons. The molecule has 2 aliphatic heterocycles. The number of nitrogens with zero attached hydrogens (tertiary/aromatic N) is 4. The first-order valence-corrected chi connectivity index (χ1v) is 9.12. The number of aromatic nitrogens is 4. The summed E-state index contributed by atoms with van der Waals surface area (Å²) >= 11 is 0. The lowest BCUT2D eigenvalue weighted by Crippen LogP contribution is -2.45. The number of hydrogen-bond acceptors (Lipinski definition) is 5. The lowest BCUT2D eigenvalue weighted by molar-refractivity contribution is 0.0154. The number of hydrogen-bond donors (Lipinski definition) is 0. The molecule has 0 aromatic carbocycles. The van der Waals surface area contributed by atoms with Gasteiger partial charge in [-0.25, -0.2) is 18.7 Å². The van der Waals surface area contributed by atoms with Gasteiger partial charge in [-0.1, -0.05) is 6.07 Å². The lowest BCUT2D eigenvalue weighted by Gasteiger charge is -2.41. The summed E-state index contributed by atoms with van der Waals surface area (Å²) < 4.78 is 33.3. The van der Waals surface area contributed by atoms with E-state index in [0.29, 0.717) is 17.9 Å². The third kappa shape index (κ3) is 2.71. The highest BCUT2D eigenvalue weighted by molar-refractivity contribution is 5.95. The van der Waals surface area contributed by atoms with Crippen molar-refractivity contribution in [1.82, 2.24) is 19.4 Å². The maximum absolute atomic E-state index is 12.8. The fraction of sp³-hybridized carbons (Fsp3) is 0.400. The van der Waals surface area contributed by atoms with E-state index in [0.717, 1.165) is 18.5 Å². The van der Waals surface area contributed by atoms with Crippen LogP contribution in [0.2, 0.25) is 0 Å². The molecule has 2 saturated heterocycles.